The number of carbonyl (C=O) groups is 1. The third kappa shape index (κ3) is 5.49. The molecule has 1 fully saturated rings. The third-order valence-electron chi connectivity index (χ3n) is 4.43. The highest BCUT2D eigenvalue weighted by atomic mass is 32.2. The summed E-state index contributed by atoms with van der Waals surface area (Å²) in [6, 6.07) is 6.30. The van der Waals surface area contributed by atoms with Gasteiger partial charge in [-0.15, -0.1) is 0 Å². The highest BCUT2D eigenvalue weighted by Crippen LogP contribution is 2.28. The molecule has 0 saturated heterocycles. The van der Waals surface area contributed by atoms with Crippen molar-refractivity contribution in [1.82, 2.24) is 5.32 Å². The lowest BCUT2D eigenvalue weighted by atomic mass is 9.91. The van der Waals surface area contributed by atoms with Crippen molar-refractivity contribution in [2.75, 3.05) is 12.3 Å². The predicted molar refractivity (Wildman–Crippen MR) is 89.7 cm³/mol. The van der Waals surface area contributed by atoms with Crippen molar-refractivity contribution in [2.45, 2.75) is 49.5 Å². The van der Waals surface area contributed by atoms with E-state index < -0.39 is 22.0 Å². The van der Waals surface area contributed by atoms with Gasteiger partial charge >= 0.3 is 6.09 Å². The van der Waals surface area contributed by atoms with Gasteiger partial charge in [0, 0.05) is 6.54 Å². The minimum atomic E-state index is -3.38. The summed E-state index contributed by atoms with van der Waals surface area (Å²) >= 11 is 0. The molecule has 1 aromatic carbocycles. The van der Waals surface area contributed by atoms with Crippen molar-refractivity contribution < 1.29 is 23.4 Å². The number of carboxylic acid groups (broad SMARTS) is 1. The lowest BCUT2D eigenvalue weighted by Crippen LogP contribution is -2.19. The van der Waals surface area contributed by atoms with Crippen LogP contribution in [0, 0.1) is 5.92 Å². The van der Waals surface area contributed by atoms with E-state index in [1.807, 2.05) is 0 Å². The molecule has 0 heterocycles. The smallest absolute Gasteiger partial charge is 0.426 e. The van der Waals surface area contributed by atoms with E-state index >= 15 is 0 Å². The van der Waals surface area contributed by atoms with Gasteiger partial charge in [0.1, 0.15) is 0 Å². The molecule has 1 radical (unpaired) electrons. The number of sulfone groups is 1. The van der Waals surface area contributed by atoms with E-state index in [0.717, 1.165) is 25.7 Å². The lowest BCUT2D eigenvalue weighted by Gasteiger charge is -2.21. The van der Waals surface area contributed by atoms with Crippen LogP contribution in [0.25, 0.3) is 0 Å². The van der Waals surface area contributed by atoms with Crippen LogP contribution in [0.15, 0.2) is 29.2 Å². The van der Waals surface area contributed by atoms with Gasteiger partial charge in [-0.05, 0) is 42.9 Å². The third-order valence-corrected chi connectivity index (χ3v) is 6.31. The lowest BCUT2D eigenvalue weighted by molar-refractivity contribution is 0.161. The molecule has 1 aliphatic rings. The number of aliphatic hydroxyl groups excluding tert-OH is 1. The fraction of sp³-hybridized carbons (Fsp3) is 0.588. The van der Waals surface area contributed by atoms with Crippen LogP contribution in [0.1, 0.15) is 50.2 Å². The largest absolute Gasteiger partial charge is 0.464 e. The van der Waals surface area contributed by atoms with Crippen LogP contribution in [0.2, 0.25) is 0 Å². The Morgan fingerprint density at radius 1 is 1.25 bits per heavy atom. The van der Waals surface area contributed by atoms with Crippen LogP contribution in [0.5, 0.6) is 0 Å². The van der Waals surface area contributed by atoms with Gasteiger partial charge in [-0.1, -0.05) is 31.4 Å². The minimum absolute atomic E-state index is 0.0183. The van der Waals surface area contributed by atoms with Crippen molar-refractivity contribution in [3.05, 3.63) is 29.8 Å². The van der Waals surface area contributed by atoms with Crippen LogP contribution < -0.4 is 5.32 Å². The van der Waals surface area contributed by atoms with Gasteiger partial charge in [0.2, 0.25) is 0 Å². The molecule has 1 atom stereocenters. The molecule has 0 bridgehead atoms. The standard InChI is InChI=1S/C17H24NO5S/c19-16(9-10-18-17(20)21)14-7-4-8-15(11-14)24(22,23)12-13-5-2-1-3-6-13/h4,7-8,11,13,16,19H,1-3,5-6,9-10,12H2,(H,20,21). The fourth-order valence-electron chi connectivity index (χ4n) is 3.12. The fourth-order valence-corrected chi connectivity index (χ4v) is 4.87. The second-order valence-corrected chi connectivity index (χ2v) is 8.36. The van der Waals surface area contributed by atoms with Crippen molar-refractivity contribution in [2.24, 2.45) is 5.92 Å². The van der Waals surface area contributed by atoms with Crippen LogP contribution in [0.3, 0.4) is 0 Å². The first kappa shape index (κ1) is 18.7. The molecule has 1 aliphatic carbocycles. The van der Waals surface area contributed by atoms with Gasteiger partial charge in [-0.25, -0.2) is 18.5 Å². The molecule has 133 valence electrons. The summed E-state index contributed by atoms with van der Waals surface area (Å²) in [4.78, 5) is 10.6. The summed E-state index contributed by atoms with van der Waals surface area (Å²) in [5.74, 6) is 0.368. The number of aliphatic hydroxyl groups is 1. The highest BCUT2D eigenvalue weighted by molar-refractivity contribution is 7.91. The molecular formula is C17H24NO5S. The molecule has 1 amide bonds. The average Bonchev–Trinajstić information content (AvgIpc) is 2.55. The van der Waals surface area contributed by atoms with Crippen LogP contribution in [-0.2, 0) is 9.84 Å². The second kappa shape index (κ2) is 8.48. The highest BCUT2D eigenvalue weighted by Gasteiger charge is 2.23. The predicted octanol–water partition coefficient (Wildman–Crippen LogP) is 2.75. The number of hydrogen-bond donors (Lipinski definition) is 2. The number of nitrogens with zero attached hydrogens (tertiary/aromatic N) is 1. The number of benzene rings is 1. The van der Waals surface area contributed by atoms with Gasteiger partial charge in [0.25, 0.3) is 0 Å². The molecule has 2 rings (SSSR count). The van der Waals surface area contributed by atoms with E-state index in [-0.39, 0.29) is 29.5 Å². The zero-order chi connectivity index (χ0) is 17.6. The van der Waals surface area contributed by atoms with Gasteiger partial charge in [-0.3, -0.25) is 0 Å². The molecular weight excluding hydrogens is 330 g/mol. The average molecular weight is 354 g/mol. The number of amides is 1. The van der Waals surface area contributed by atoms with E-state index in [9.17, 15) is 18.3 Å². The summed E-state index contributed by atoms with van der Waals surface area (Å²) in [5.41, 5.74) is 0.473. The minimum Gasteiger partial charge on any atom is -0.464 e. The van der Waals surface area contributed by atoms with E-state index in [4.69, 9.17) is 5.11 Å². The molecule has 6 nitrogen and oxygen atoms in total. The molecule has 1 unspecified atom stereocenters. The molecule has 1 aromatic rings. The van der Waals surface area contributed by atoms with Crippen LogP contribution >= 0.6 is 0 Å². The number of hydrogen-bond acceptors (Lipinski definition) is 4. The Bertz CT molecular complexity index is 653. The van der Waals surface area contributed by atoms with Crippen LogP contribution in [-0.4, -0.2) is 37.0 Å². The van der Waals surface area contributed by atoms with Gasteiger partial charge < -0.3 is 10.2 Å². The Kier molecular flexibility index (Phi) is 6.62. The van der Waals surface area contributed by atoms with E-state index in [1.54, 1.807) is 18.2 Å². The van der Waals surface area contributed by atoms with Crippen LogP contribution in [0.4, 0.5) is 4.79 Å². The monoisotopic (exact) mass is 354 g/mol. The van der Waals surface area contributed by atoms with E-state index in [1.165, 1.54) is 12.5 Å². The summed E-state index contributed by atoms with van der Waals surface area (Å²) in [7, 11) is -3.38. The molecule has 2 N–H and O–H groups in total. The first-order valence-corrected chi connectivity index (χ1v) is 9.95. The zero-order valence-corrected chi connectivity index (χ0v) is 14.4. The van der Waals surface area contributed by atoms with Crippen molar-refractivity contribution in [3.8, 4) is 0 Å². The van der Waals surface area contributed by atoms with E-state index in [0.29, 0.717) is 5.56 Å². The number of rotatable bonds is 7. The summed E-state index contributed by atoms with van der Waals surface area (Å²) < 4.78 is 25.2. The molecule has 1 saturated carbocycles. The normalized spacial score (nSPS) is 17.4. The van der Waals surface area contributed by atoms with Gasteiger partial charge in [-0.2, -0.15) is 0 Å². The molecule has 24 heavy (non-hydrogen) atoms. The quantitative estimate of drug-likeness (QED) is 0.783. The van der Waals surface area contributed by atoms with Gasteiger partial charge in [0.15, 0.2) is 9.84 Å². The summed E-state index contributed by atoms with van der Waals surface area (Å²) in [6.45, 7) is -0.0183. The molecule has 0 aromatic heterocycles. The maximum absolute atomic E-state index is 12.6. The SMILES string of the molecule is O=C(O)[N]CCC(O)c1cccc(S(=O)(=O)CC2CCCCC2)c1. The molecule has 0 aliphatic heterocycles. The van der Waals surface area contributed by atoms with Crippen molar-refractivity contribution in [1.29, 1.82) is 0 Å². The maximum Gasteiger partial charge on any atom is 0.426 e. The Morgan fingerprint density at radius 2 is 1.96 bits per heavy atom. The Balaban J connectivity index is 2.03. The zero-order valence-electron chi connectivity index (χ0n) is 13.6. The Labute approximate surface area is 142 Å². The van der Waals surface area contributed by atoms with Crippen molar-refractivity contribution >= 4 is 15.9 Å². The molecule has 7 heteroatoms. The van der Waals surface area contributed by atoms with E-state index in [2.05, 4.69) is 5.32 Å². The van der Waals surface area contributed by atoms with Crippen molar-refractivity contribution in [3.63, 3.8) is 0 Å². The topological polar surface area (TPSA) is 106 Å². The Hall–Kier alpha value is -1.60. The molecule has 0 spiro atoms. The summed E-state index contributed by atoms with van der Waals surface area (Å²) in [6.07, 6.45) is 3.20. The first-order chi connectivity index (χ1) is 11.4. The summed E-state index contributed by atoms with van der Waals surface area (Å²) in [5, 5.41) is 21.9. The van der Waals surface area contributed by atoms with Gasteiger partial charge in [0.05, 0.1) is 16.8 Å². The second-order valence-electron chi connectivity index (χ2n) is 6.33. The maximum atomic E-state index is 12.6. The first-order valence-electron chi connectivity index (χ1n) is 8.29. The Morgan fingerprint density at radius 3 is 2.62 bits per heavy atom.